The van der Waals surface area contributed by atoms with E-state index >= 15 is 0 Å². The van der Waals surface area contributed by atoms with Gasteiger partial charge in [-0.05, 0) is 18.4 Å². The molecule has 0 fully saturated rings. The molecule has 0 heterocycles. The van der Waals surface area contributed by atoms with E-state index in [1.165, 1.54) is 0 Å². The highest BCUT2D eigenvalue weighted by Gasteiger charge is 2.10. The molecule has 3 N–H and O–H groups in total. The monoisotopic (exact) mass is 227 g/mol. The summed E-state index contributed by atoms with van der Waals surface area (Å²) in [4.78, 5) is 23.1. The largest absolute Gasteiger partial charge is 0.330 e. The van der Waals surface area contributed by atoms with E-state index in [1.807, 2.05) is 26.8 Å². The third-order valence-corrected chi connectivity index (χ3v) is 1.78. The highest BCUT2D eigenvalue weighted by molar-refractivity contribution is 5.85. The maximum absolute atomic E-state index is 11.5. The van der Waals surface area contributed by atoms with Crippen molar-refractivity contribution in [2.24, 2.45) is 11.1 Å². The zero-order chi connectivity index (χ0) is 12.6. The fourth-order valence-corrected chi connectivity index (χ4v) is 0.910. The lowest BCUT2D eigenvalue weighted by Gasteiger charge is -2.15. The van der Waals surface area contributed by atoms with E-state index < -0.39 is 6.03 Å². The minimum atomic E-state index is -0.427. The average Bonchev–Trinajstić information content (AvgIpc) is 2.17. The lowest BCUT2D eigenvalue weighted by atomic mass is 9.97. The van der Waals surface area contributed by atoms with E-state index in [9.17, 15) is 9.59 Å². The number of hydrogen-bond acceptors (Lipinski definition) is 3. The normalized spacial score (nSPS) is 11.5. The molecule has 3 amide bonds. The lowest BCUT2D eigenvalue weighted by molar-refractivity contribution is -0.115. The minimum absolute atomic E-state index is 0.00343. The van der Waals surface area contributed by atoms with Gasteiger partial charge in [0, 0.05) is 12.7 Å². The van der Waals surface area contributed by atoms with E-state index in [0.29, 0.717) is 25.9 Å². The summed E-state index contributed by atoms with van der Waals surface area (Å²) in [7, 11) is 0. The first-order valence-electron chi connectivity index (χ1n) is 5.31. The molecule has 0 saturated carbocycles. The van der Waals surface area contributed by atoms with Gasteiger partial charge in [0.2, 0.25) is 6.41 Å². The second-order valence-corrected chi connectivity index (χ2v) is 4.59. The van der Waals surface area contributed by atoms with E-state index in [0.717, 1.165) is 4.90 Å². The summed E-state index contributed by atoms with van der Waals surface area (Å²) < 4.78 is 0. The second-order valence-electron chi connectivity index (χ2n) is 4.59. The number of carbonyl (C=O) groups is 2. The van der Waals surface area contributed by atoms with Crippen molar-refractivity contribution in [3.05, 3.63) is 12.3 Å². The number of imide groups is 1. The van der Waals surface area contributed by atoms with Gasteiger partial charge >= 0.3 is 6.03 Å². The van der Waals surface area contributed by atoms with E-state index in [1.54, 1.807) is 6.20 Å². The van der Waals surface area contributed by atoms with Crippen LogP contribution in [0.4, 0.5) is 4.79 Å². The van der Waals surface area contributed by atoms with Crippen molar-refractivity contribution in [2.75, 3.05) is 13.1 Å². The minimum Gasteiger partial charge on any atom is -0.330 e. The number of nitrogens with two attached hydrogens (primary N) is 1. The number of urea groups is 1. The van der Waals surface area contributed by atoms with Crippen LogP contribution in [0.5, 0.6) is 0 Å². The molecule has 0 radical (unpaired) electrons. The summed E-state index contributed by atoms with van der Waals surface area (Å²) in [6.07, 6.45) is 4.53. The Labute approximate surface area is 96.7 Å². The topological polar surface area (TPSA) is 75.4 Å². The van der Waals surface area contributed by atoms with Crippen molar-refractivity contribution in [1.29, 1.82) is 0 Å². The van der Waals surface area contributed by atoms with Crippen LogP contribution >= 0.6 is 0 Å². The number of nitrogens with zero attached hydrogens (tertiary/aromatic N) is 1. The first-order chi connectivity index (χ1) is 7.40. The first kappa shape index (κ1) is 14.6. The van der Waals surface area contributed by atoms with Gasteiger partial charge in [-0.15, -0.1) is 0 Å². The molecule has 0 aromatic heterocycles. The van der Waals surface area contributed by atoms with Crippen LogP contribution in [-0.4, -0.2) is 30.4 Å². The summed E-state index contributed by atoms with van der Waals surface area (Å²) in [5.74, 6) is 0. The van der Waals surface area contributed by atoms with Crippen LogP contribution in [-0.2, 0) is 4.79 Å². The standard InChI is InChI=1S/C11H21N3O2/c1-11(2,3)5-7-13-10(16)14(9-15)8-4-6-12/h5,7,9H,4,6,8,12H2,1-3H3,(H,13,16)/b7-5+. The van der Waals surface area contributed by atoms with Crippen LogP contribution in [0.25, 0.3) is 0 Å². The Kier molecular flexibility index (Phi) is 6.41. The van der Waals surface area contributed by atoms with Crippen molar-refractivity contribution in [3.8, 4) is 0 Å². The van der Waals surface area contributed by atoms with E-state index in [2.05, 4.69) is 5.32 Å². The van der Waals surface area contributed by atoms with Gasteiger partial charge in [-0.3, -0.25) is 9.69 Å². The van der Waals surface area contributed by atoms with Gasteiger partial charge in [-0.25, -0.2) is 4.79 Å². The van der Waals surface area contributed by atoms with Crippen molar-refractivity contribution < 1.29 is 9.59 Å². The molecule has 0 rings (SSSR count). The Bertz CT molecular complexity index is 256. The zero-order valence-corrected chi connectivity index (χ0v) is 10.2. The molecular weight excluding hydrogens is 206 g/mol. The number of allylic oxidation sites excluding steroid dienone is 1. The summed E-state index contributed by atoms with van der Waals surface area (Å²) >= 11 is 0. The predicted octanol–water partition coefficient (Wildman–Crippen LogP) is 1.06. The second kappa shape index (κ2) is 7.00. The fourth-order valence-electron chi connectivity index (χ4n) is 0.910. The Hall–Kier alpha value is -1.36. The maximum atomic E-state index is 11.5. The van der Waals surface area contributed by atoms with Crippen LogP contribution in [0.2, 0.25) is 0 Å². The van der Waals surface area contributed by atoms with Crippen LogP contribution in [0, 0.1) is 5.41 Å². The van der Waals surface area contributed by atoms with Crippen LogP contribution in [0.1, 0.15) is 27.2 Å². The van der Waals surface area contributed by atoms with Crippen molar-refractivity contribution >= 4 is 12.4 Å². The molecule has 0 spiro atoms. The molecule has 5 heteroatoms. The Morgan fingerprint density at radius 2 is 2.06 bits per heavy atom. The molecule has 0 saturated heterocycles. The van der Waals surface area contributed by atoms with Gasteiger partial charge in [0.25, 0.3) is 0 Å². The molecule has 0 bridgehead atoms. The number of amides is 3. The predicted molar refractivity (Wildman–Crippen MR) is 63.6 cm³/mol. The molecule has 92 valence electrons. The van der Waals surface area contributed by atoms with Crippen LogP contribution in [0.15, 0.2) is 12.3 Å². The molecule has 0 aromatic rings. The quantitative estimate of drug-likeness (QED) is 0.690. The third kappa shape index (κ3) is 7.00. The first-order valence-corrected chi connectivity index (χ1v) is 5.31. The van der Waals surface area contributed by atoms with Gasteiger partial charge in [0.15, 0.2) is 0 Å². The SMILES string of the molecule is CC(C)(C)/C=C/NC(=O)N(C=O)CCCN. The summed E-state index contributed by atoms with van der Waals surface area (Å²) in [6.45, 7) is 6.84. The van der Waals surface area contributed by atoms with Crippen molar-refractivity contribution in [1.82, 2.24) is 10.2 Å². The number of rotatable bonds is 5. The molecule has 0 unspecified atom stereocenters. The number of carbonyl (C=O) groups excluding carboxylic acids is 2. The molecule has 5 nitrogen and oxygen atoms in total. The maximum Gasteiger partial charge on any atom is 0.327 e. The van der Waals surface area contributed by atoms with E-state index in [-0.39, 0.29) is 5.41 Å². The van der Waals surface area contributed by atoms with E-state index in [4.69, 9.17) is 5.73 Å². The zero-order valence-electron chi connectivity index (χ0n) is 10.2. The van der Waals surface area contributed by atoms with Crippen molar-refractivity contribution in [3.63, 3.8) is 0 Å². The van der Waals surface area contributed by atoms with Gasteiger partial charge in [-0.1, -0.05) is 26.8 Å². The van der Waals surface area contributed by atoms with Crippen molar-refractivity contribution in [2.45, 2.75) is 27.2 Å². The molecular formula is C11H21N3O2. The molecule has 0 atom stereocenters. The van der Waals surface area contributed by atoms with Gasteiger partial charge in [0.05, 0.1) is 0 Å². The molecule has 0 aliphatic heterocycles. The Balaban J connectivity index is 4.12. The summed E-state index contributed by atoms with van der Waals surface area (Å²) in [5, 5.41) is 2.53. The molecule has 16 heavy (non-hydrogen) atoms. The fraction of sp³-hybridized carbons (Fsp3) is 0.636. The lowest BCUT2D eigenvalue weighted by Crippen LogP contribution is -2.37. The number of nitrogens with one attached hydrogen (secondary N) is 1. The third-order valence-electron chi connectivity index (χ3n) is 1.78. The molecule has 0 aliphatic rings. The van der Waals surface area contributed by atoms with Gasteiger partial charge in [-0.2, -0.15) is 0 Å². The Morgan fingerprint density at radius 3 is 2.50 bits per heavy atom. The highest BCUT2D eigenvalue weighted by Crippen LogP contribution is 2.13. The summed E-state index contributed by atoms with van der Waals surface area (Å²) in [5.41, 5.74) is 5.30. The summed E-state index contributed by atoms with van der Waals surface area (Å²) in [6, 6.07) is -0.427. The van der Waals surface area contributed by atoms with Crippen LogP contribution < -0.4 is 11.1 Å². The van der Waals surface area contributed by atoms with Gasteiger partial charge in [0.1, 0.15) is 0 Å². The van der Waals surface area contributed by atoms with Crippen LogP contribution in [0.3, 0.4) is 0 Å². The van der Waals surface area contributed by atoms with Gasteiger partial charge < -0.3 is 11.1 Å². The highest BCUT2D eigenvalue weighted by atomic mass is 16.2. The molecule has 0 aliphatic carbocycles. The smallest absolute Gasteiger partial charge is 0.327 e. The number of hydrogen-bond donors (Lipinski definition) is 2. The average molecular weight is 227 g/mol. The molecule has 0 aromatic carbocycles. The Morgan fingerprint density at radius 1 is 1.44 bits per heavy atom.